The molecule has 38 heavy (non-hydrogen) atoms. The monoisotopic (exact) mass is 496 g/mol. The Morgan fingerprint density at radius 3 is 1.79 bits per heavy atom. The highest BCUT2D eigenvalue weighted by Crippen LogP contribution is 2.58. The van der Waals surface area contributed by atoms with Crippen molar-refractivity contribution in [2.45, 2.75) is 49.2 Å². The van der Waals surface area contributed by atoms with Crippen molar-refractivity contribution in [3.63, 3.8) is 0 Å². The van der Waals surface area contributed by atoms with Crippen LogP contribution in [0, 0.1) is 0 Å². The summed E-state index contributed by atoms with van der Waals surface area (Å²) >= 11 is 0. The molecular weight excluding hydrogens is 464 g/mol. The maximum atomic E-state index is 12.1. The first-order valence-corrected chi connectivity index (χ1v) is 13.6. The predicted molar refractivity (Wildman–Crippen MR) is 151 cm³/mol. The molecule has 2 aliphatic rings. The lowest BCUT2D eigenvalue weighted by atomic mass is 9.76. The van der Waals surface area contributed by atoms with Gasteiger partial charge in [0.25, 0.3) is 0 Å². The third kappa shape index (κ3) is 3.35. The van der Waals surface area contributed by atoms with Crippen molar-refractivity contribution in [3.05, 3.63) is 161 Å². The van der Waals surface area contributed by atoms with E-state index in [0.29, 0.717) is 11.1 Å². The average molecular weight is 497 g/mol. The lowest BCUT2D eigenvalue weighted by molar-refractivity contribution is 0.0967. The van der Waals surface area contributed by atoms with Gasteiger partial charge in [0.05, 0.1) is 12.0 Å². The fourth-order valence-electron chi connectivity index (χ4n) is 6.86. The number of benzene rings is 4. The summed E-state index contributed by atoms with van der Waals surface area (Å²) in [5, 5.41) is 12.1. The summed E-state index contributed by atoms with van der Waals surface area (Å²) in [6, 6.07) is 38.2. The lowest BCUT2D eigenvalue weighted by Crippen LogP contribution is -2.37. The van der Waals surface area contributed by atoms with E-state index in [4.69, 9.17) is 4.98 Å². The van der Waals surface area contributed by atoms with Crippen molar-refractivity contribution < 1.29 is 5.11 Å². The number of fused-ring (bicyclic) bond motifs is 2. The number of hydrogen-bond acceptors (Lipinski definition) is 2. The summed E-state index contributed by atoms with van der Waals surface area (Å²) in [7, 11) is 0. The van der Waals surface area contributed by atoms with Gasteiger partial charge in [0.15, 0.2) is 0 Å². The summed E-state index contributed by atoms with van der Waals surface area (Å²) in [6.45, 7) is 1.91. The van der Waals surface area contributed by atoms with Crippen LogP contribution in [0.1, 0.15) is 65.3 Å². The van der Waals surface area contributed by atoms with Gasteiger partial charge >= 0.3 is 0 Å². The number of nitrogens with zero attached hydrogens (tertiary/aromatic N) is 2. The molecule has 0 aliphatic heterocycles. The van der Waals surface area contributed by atoms with Crippen LogP contribution in [0.15, 0.2) is 122 Å². The van der Waals surface area contributed by atoms with Crippen LogP contribution < -0.4 is 0 Å². The zero-order chi connectivity index (χ0) is 25.8. The van der Waals surface area contributed by atoms with E-state index in [9.17, 15) is 5.11 Å². The van der Waals surface area contributed by atoms with Crippen molar-refractivity contribution in [3.8, 4) is 0 Å². The van der Waals surface area contributed by atoms with Gasteiger partial charge < -0.3 is 9.67 Å². The van der Waals surface area contributed by atoms with Crippen molar-refractivity contribution in [1.82, 2.24) is 9.55 Å². The Bertz CT molecular complexity index is 1480. The van der Waals surface area contributed by atoms with Crippen LogP contribution in [0.5, 0.6) is 0 Å². The molecule has 1 spiro atoms. The van der Waals surface area contributed by atoms with Gasteiger partial charge in [-0.3, -0.25) is 0 Å². The summed E-state index contributed by atoms with van der Waals surface area (Å²) in [6.07, 6.45) is 8.71. The van der Waals surface area contributed by atoms with Crippen molar-refractivity contribution in [2.75, 3.05) is 0 Å². The van der Waals surface area contributed by atoms with E-state index in [0.717, 1.165) is 28.7 Å². The molecule has 1 N–H and O–H groups in total. The standard InChI is InChI=1S/C35H32N2O/c1-33(38,30-18-11-19-31-29(30)20-21-34(31)22-23-34)32-24-37(25-36-32)35(26-12-5-2-6-13-26,27-14-7-3-8-15-27)28-16-9-4-10-17-28/h2-19,24-25,38H,20-23H2,1H3. The fraction of sp³-hybridized carbons (Fsp3) is 0.229. The van der Waals surface area contributed by atoms with Crippen LogP contribution >= 0.6 is 0 Å². The minimum atomic E-state index is -1.20. The molecule has 1 atom stereocenters. The number of aliphatic hydroxyl groups is 1. The highest BCUT2D eigenvalue weighted by Gasteiger charge is 2.50. The second kappa shape index (κ2) is 8.54. The van der Waals surface area contributed by atoms with Crippen LogP contribution in [-0.2, 0) is 23.0 Å². The van der Waals surface area contributed by atoms with Gasteiger partial charge in [0.1, 0.15) is 11.1 Å². The van der Waals surface area contributed by atoms with E-state index in [1.54, 1.807) is 0 Å². The first kappa shape index (κ1) is 23.2. The smallest absolute Gasteiger partial charge is 0.130 e. The highest BCUT2D eigenvalue weighted by molar-refractivity contribution is 5.53. The molecule has 4 aromatic carbocycles. The van der Waals surface area contributed by atoms with Crippen LogP contribution in [0.3, 0.4) is 0 Å². The zero-order valence-electron chi connectivity index (χ0n) is 21.7. The SMILES string of the molecule is CC(O)(c1cn(C(c2ccccc2)(c2ccccc2)c2ccccc2)cn1)c1cccc2c1CCC21CC1. The van der Waals surface area contributed by atoms with E-state index in [2.05, 4.69) is 114 Å². The molecule has 1 heterocycles. The maximum Gasteiger partial charge on any atom is 0.130 e. The number of imidazole rings is 1. The molecule has 0 radical (unpaired) electrons. The zero-order valence-corrected chi connectivity index (χ0v) is 21.7. The minimum Gasteiger partial charge on any atom is -0.379 e. The third-order valence-corrected chi connectivity index (χ3v) is 9.02. The third-order valence-electron chi connectivity index (χ3n) is 9.02. The lowest BCUT2D eigenvalue weighted by Gasteiger charge is -2.37. The molecule has 0 bridgehead atoms. The van der Waals surface area contributed by atoms with Crippen molar-refractivity contribution >= 4 is 0 Å². The van der Waals surface area contributed by atoms with E-state index >= 15 is 0 Å². The van der Waals surface area contributed by atoms with Gasteiger partial charge in [-0.1, -0.05) is 109 Å². The van der Waals surface area contributed by atoms with Gasteiger partial charge in [0, 0.05) is 6.20 Å². The van der Waals surface area contributed by atoms with Gasteiger partial charge in [-0.05, 0) is 71.4 Å². The fourth-order valence-corrected chi connectivity index (χ4v) is 6.86. The molecule has 3 heteroatoms. The van der Waals surface area contributed by atoms with Gasteiger partial charge in [0.2, 0.25) is 0 Å². The van der Waals surface area contributed by atoms with Crippen LogP contribution in [-0.4, -0.2) is 14.7 Å². The molecular formula is C35H32N2O. The van der Waals surface area contributed by atoms with Crippen LogP contribution in [0.25, 0.3) is 0 Å². The molecule has 0 saturated heterocycles. The molecule has 188 valence electrons. The van der Waals surface area contributed by atoms with E-state index in [1.165, 1.54) is 30.4 Å². The highest BCUT2D eigenvalue weighted by atomic mass is 16.3. The molecule has 1 aromatic heterocycles. The average Bonchev–Trinajstić information content (AvgIpc) is 3.41. The molecule has 3 nitrogen and oxygen atoms in total. The van der Waals surface area contributed by atoms with Gasteiger partial charge in [-0.15, -0.1) is 0 Å². The Balaban J connectivity index is 1.43. The predicted octanol–water partition coefficient (Wildman–Crippen LogP) is 6.96. The second-order valence-electron chi connectivity index (χ2n) is 11.2. The van der Waals surface area contributed by atoms with Gasteiger partial charge in [-0.25, -0.2) is 4.98 Å². The Morgan fingerprint density at radius 1 is 0.711 bits per heavy atom. The van der Waals surface area contributed by atoms with Crippen molar-refractivity contribution in [1.29, 1.82) is 0 Å². The molecule has 7 rings (SSSR count). The molecule has 1 saturated carbocycles. The Morgan fingerprint density at radius 2 is 1.26 bits per heavy atom. The Hall–Kier alpha value is -3.95. The summed E-state index contributed by atoms with van der Waals surface area (Å²) in [5.74, 6) is 0. The van der Waals surface area contributed by atoms with Crippen molar-refractivity contribution in [2.24, 2.45) is 0 Å². The summed E-state index contributed by atoms with van der Waals surface area (Å²) in [4.78, 5) is 4.90. The summed E-state index contributed by atoms with van der Waals surface area (Å²) < 4.78 is 2.18. The molecule has 0 amide bonds. The maximum absolute atomic E-state index is 12.1. The largest absolute Gasteiger partial charge is 0.379 e. The molecule has 5 aromatic rings. The Kier molecular flexibility index (Phi) is 5.21. The normalized spacial score (nSPS) is 17.2. The minimum absolute atomic E-state index is 0.365. The van der Waals surface area contributed by atoms with E-state index in [1.807, 2.05) is 19.4 Å². The van der Waals surface area contributed by atoms with Crippen LogP contribution in [0.2, 0.25) is 0 Å². The first-order chi connectivity index (χ1) is 18.6. The Labute approximate surface area is 224 Å². The quantitative estimate of drug-likeness (QED) is 0.258. The number of aromatic nitrogens is 2. The summed E-state index contributed by atoms with van der Waals surface area (Å²) in [5.41, 5.74) is 6.35. The van der Waals surface area contributed by atoms with Crippen LogP contribution in [0.4, 0.5) is 0 Å². The number of hydrogen-bond donors (Lipinski definition) is 1. The second-order valence-corrected chi connectivity index (χ2v) is 11.2. The first-order valence-electron chi connectivity index (χ1n) is 13.6. The molecule has 2 aliphatic carbocycles. The van der Waals surface area contributed by atoms with E-state index in [-0.39, 0.29) is 0 Å². The number of rotatable bonds is 6. The van der Waals surface area contributed by atoms with E-state index < -0.39 is 11.1 Å². The molecule has 1 fully saturated rings. The van der Waals surface area contributed by atoms with Gasteiger partial charge in [-0.2, -0.15) is 0 Å². The molecule has 1 unspecified atom stereocenters. The topological polar surface area (TPSA) is 38.0 Å².